The number of benzene rings is 2. The molecule has 23 heavy (non-hydrogen) atoms. The van der Waals surface area contributed by atoms with Gasteiger partial charge in [-0.25, -0.2) is 4.79 Å². The van der Waals surface area contributed by atoms with E-state index in [1.54, 1.807) is 6.07 Å². The molecular weight excluding hydrogens is 292 g/mol. The molecule has 0 unspecified atom stereocenters. The number of fused-ring (bicyclic) bond motifs is 3. The first kappa shape index (κ1) is 14.0. The fourth-order valence-corrected chi connectivity index (χ4v) is 3.21. The highest BCUT2D eigenvalue weighted by Crippen LogP contribution is 2.28. The number of nitrogens with zero attached hydrogens (tertiary/aromatic N) is 1. The summed E-state index contributed by atoms with van der Waals surface area (Å²) in [6.45, 7) is 2.33. The predicted molar refractivity (Wildman–Crippen MR) is 88.3 cm³/mol. The molecule has 116 valence electrons. The van der Waals surface area contributed by atoms with E-state index >= 15 is 0 Å². The fourth-order valence-electron chi connectivity index (χ4n) is 3.21. The number of hydrogen-bond acceptors (Lipinski definition) is 4. The summed E-state index contributed by atoms with van der Waals surface area (Å²) in [4.78, 5) is 25.5. The van der Waals surface area contributed by atoms with Crippen molar-refractivity contribution in [3.8, 4) is 0 Å². The largest absolute Gasteiger partial charge is 0.423 e. The average Bonchev–Trinajstić information content (AvgIpc) is 2.54. The Morgan fingerprint density at radius 2 is 2.00 bits per heavy atom. The zero-order chi connectivity index (χ0) is 15.8. The van der Waals surface area contributed by atoms with Crippen LogP contribution in [0.15, 0.2) is 51.7 Å². The van der Waals surface area contributed by atoms with Crippen LogP contribution in [0, 0.1) is 0 Å². The van der Waals surface area contributed by atoms with Crippen molar-refractivity contribution in [3.63, 3.8) is 0 Å². The van der Waals surface area contributed by atoms with Gasteiger partial charge in [0.15, 0.2) is 0 Å². The Labute approximate surface area is 132 Å². The molecule has 0 atom stereocenters. The maximum absolute atomic E-state index is 11.9. The standard InChI is InChI=1S/C18H16N2O3/c21-16-11-20(8-7-19-16)10-13-9-17(22)23-15-6-5-12-3-1-2-4-14(12)18(13)15/h1-6,9H,7-8,10-11H2,(H,19,21). The van der Waals surface area contributed by atoms with E-state index in [9.17, 15) is 9.59 Å². The van der Waals surface area contributed by atoms with Gasteiger partial charge in [-0.1, -0.05) is 30.3 Å². The Balaban J connectivity index is 1.88. The minimum absolute atomic E-state index is 0.0216. The van der Waals surface area contributed by atoms with Gasteiger partial charge in [0.05, 0.1) is 6.54 Å². The molecule has 1 aliphatic heterocycles. The van der Waals surface area contributed by atoms with Gasteiger partial charge in [0.25, 0.3) is 0 Å². The molecule has 3 aromatic rings. The maximum atomic E-state index is 11.9. The summed E-state index contributed by atoms with van der Waals surface area (Å²) >= 11 is 0. The maximum Gasteiger partial charge on any atom is 0.336 e. The summed E-state index contributed by atoms with van der Waals surface area (Å²) in [5.74, 6) is 0.0216. The third kappa shape index (κ3) is 2.59. The summed E-state index contributed by atoms with van der Waals surface area (Å²) in [6, 6.07) is 13.4. The molecule has 0 saturated carbocycles. The second-order valence-electron chi connectivity index (χ2n) is 5.81. The Bertz CT molecular complexity index is 961. The van der Waals surface area contributed by atoms with E-state index in [1.807, 2.05) is 36.4 Å². The number of amides is 1. The number of hydrogen-bond donors (Lipinski definition) is 1. The minimum Gasteiger partial charge on any atom is -0.423 e. The van der Waals surface area contributed by atoms with Gasteiger partial charge < -0.3 is 9.73 Å². The van der Waals surface area contributed by atoms with E-state index in [0.29, 0.717) is 25.2 Å². The lowest BCUT2D eigenvalue weighted by Crippen LogP contribution is -2.47. The number of nitrogens with one attached hydrogen (secondary N) is 1. The summed E-state index contributed by atoms with van der Waals surface area (Å²) < 4.78 is 5.37. The molecule has 5 heteroatoms. The van der Waals surface area contributed by atoms with Crippen LogP contribution >= 0.6 is 0 Å². The quantitative estimate of drug-likeness (QED) is 0.580. The van der Waals surface area contributed by atoms with E-state index in [4.69, 9.17) is 4.42 Å². The van der Waals surface area contributed by atoms with Gasteiger partial charge in [0, 0.05) is 31.1 Å². The van der Waals surface area contributed by atoms with E-state index in [2.05, 4.69) is 10.2 Å². The molecule has 0 bridgehead atoms. The van der Waals surface area contributed by atoms with Crippen molar-refractivity contribution >= 4 is 27.6 Å². The highest BCUT2D eigenvalue weighted by molar-refractivity contribution is 6.07. The molecule has 0 radical (unpaired) electrons. The Morgan fingerprint density at radius 1 is 1.13 bits per heavy atom. The summed E-state index contributed by atoms with van der Waals surface area (Å²) in [5, 5.41) is 5.93. The fraction of sp³-hybridized carbons (Fsp3) is 0.222. The van der Waals surface area contributed by atoms with Crippen molar-refractivity contribution in [1.82, 2.24) is 10.2 Å². The highest BCUT2D eigenvalue weighted by Gasteiger charge is 2.18. The van der Waals surface area contributed by atoms with E-state index < -0.39 is 0 Å². The SMILES string of the molecule is O=C1CN(Cc2cc(=O)oc3ccc4ccccc4c23)CCN1. The van der Waals surface area contributed by atoms with Crippen molar-refractivity contribution in [2.75, 3.05) is 19.6 Å². The van der Waals surface area contributed by atoms with Gasteiger partial charge >= 0.3 is 5.63 Å². The van der Waals surface area contributed by atoms with Crippen LogP contribution in [0.2, 0.25) is 0 Å². The molecule has 2 aromatic carbocycles. The third-order valence-corrected chi connectivity index (χ3v) is 4.23. The van der Waals surface area contributed by atoms with E-state index in [0.717, 1.165) is 28.3 Å². The van der Waals surface area contributed by atoms with Crippen LogP contribution in [0.1, 0.15) is 5.56 Å². The van der Waals surface area contributed by atoms with Crippen molar-refractivity contribution in [2.24, 2.45) is 0 Å². The molecular formula is C18H16N2O3. The van der Waals surface area contributed by atoms with Gasteiger partial charge in [-0.2, -0.15) is 0 Å². The predicted octanol–water partition coefficient (Wildman–Crippen LogP) is 1.88. The normalized spacial score (nSPS) is 15.9. The van der Waals surface area contributed by atoms with Crippen LogP contribution < -0.4 is 10.9 Å². The lowest BCUT2D eigenvalue weighted by atomic mass is 10.0. The molecule has 0 spiro atoms. The zero-order valence-electron chi connectivity index (χ0n) is 12.5. The van der Waals surface area contributed by atoms with E-state index in [-0.39, 0.29) is 11.5 Å². The first-order chi connectivity index (χ1) is 11.2. The molecule has 4 rings (SSSR count). The average molecular weight is 308 g/mol. The van der Waals surface area contributed by atoms with Gasteiger partial charge in [-0.05, 0) is 22.4 Å². The van der Waals surface area contributed by atoms with Gasteiger partial charge in [0.1, 0.15) is 5.58 Å². The van der Waals surface area contributed by atoms with E-state index in [1.165, 1.54) is 0 Å². The second-order valence-corrected chi connectivity index (χ2v) is 5.81. The van der Waals surface area contributed by atoms with Gasteiger partial charge in [-0.3, -0.25) is 9.69 Å². The Morgan fingerprint density at radius 3 is 2.87 bits per heavy atom. The highest BCUT2D eigenvalue weighted by atomic mass is 16.4. The first-order valence-electron chi connectivity index (χ1n) is 7.64. The first-order valence-corrected chi connectivity index (χ1v) is 7.64. The van der Waals surface area contributed by atoms with Crippen LogP contribution in [-0.4, -0.2) is 30.4 Å². The number of rotatable bonds is 2. The minimum atomic E-state index is -0.357. The van der Waals surface area contributed by atoms with Gasteiger partial charge in [0.2, 0.25) is 5.91 Å². The van der Waals surface area contributed by atoms with Crippen LogP contribution in [0.5, 0.6) is 0 Å². The van der Waals surface area contributed by atoms with Crippen molar-refractivity contribution in [1.29, 1.82) is 0 Å². The van der Waals surface area contributed by atoms with Crippen LogP contribution in [-0.2, 0) is 11.3 Å². The number of carbonyl (C=O) groups is 1. The Kier molecular flexibility index (Phi) is 3.35. The Hall–Kier alpha value is -2.66. The molecule has 1 aliphatic rings. The monoisotopic (exact) mass is 308 g/mol. The van der Waals surface area contributed by atoms with Crippen molar-refractivity contribution in [2.45, 2.75) is 6.54 Å². The van der Waals surface area contributed by atoms with Crippen molar-refractivity contribution < 1.29 is 9.21 Å². The third-order valence-electron chi connectivity index (χ3n) is 4.23. The second kappa shape index (κ2) is 5.52. The topological polar surface area (TPSA) is 62.6 Å². The summed E-state index contributed by atoms with van der Waals surface area (Å²) in [5.41, 5.74) is 1.14. The lowest BCUT2D eigenvalue weighted by molar-refractivity contribution is -0.124. The van der Waals surface area contributed by atoms with Crippen LogP contribution in [0.4, 0.5) is 0 Å². The van der Waals surface area contributed by atoms with Gasteiger partial charge in [-0.15, -0.1) is 0 Å². The van der Waals surface area contributed by atoms with Crippen LogP contribution in [0.25, 0.3) is 21.7 Å². The molecule has 1 amide bonds. The lowest BCUT2D eigenvalue weighted by Gasteiger charge is -2.26. The summed E-state index contributed by atoms with van der Waals surface area (Å²) in [7, 11) is 0. The smallest absolute Gasteiger partial charge is 0.336 e. The molecule has 1 fully saturated rings. The molecule has 1 aromatic heterocycles. The molecule has 2 heterocycles. The molecule has 1 N–H and O–H groups in total. The summed E-state index contributed by atoms with van der Waals surface area (Å²) in [6.07, 6.45) is 0. The van der Waals surface area contributed by atoms with Crippen molar-refractivity contribution in [3.05, 3.63) is 58.4 Å². The molecule has 0 aliphatic carbocycles. The van der Waals surface area contributed by atoms with Crippen LogP contribution in [0.3, 0.4) is 0 Å². The number of piperazine rings is 1. The number of carbonyl (C=O) groups excluding carboxylic acids is 1. The zero-order valence-corrected chi connectivity index (χ0v) is 12.5. The molecule has 1 saturated heterocycles. The molecule has 5 nitrogen and oxygen atoms in total.